The van der Waals surface area contributed by atoms with Crippen LogP contribution in [0.3, 0.4) is 0 Å². The van der Waals surface area contributed by atoms with E-state index in [1.165, 1.54) is 11.3 Å². The maximum Gasteiger partial charge on any atom is 0.226 e. The minimum atomic E-state index is -0.0485. The molecule has 0 radical (unpaired) electrons. The quantitative estimate of drug-likeness (QED) is 0.633. The Morgan fingerprint density at radius 3 is 2.82 bits per heavy atom. The number of benzene rings is 1. The van der Waals surface area contributed by atoms with Crippen molar-refractivity contribution in [3.63, 3.8) is 0 Å². The minimum Gasteiger partial charge on any atom is -0.497 e. The molecule has 3 rings (SSSR count). The number of methoxy groups -OCH3 is 1. The molecule has 0 spiro atoms. The maximum absolute atomic E-state index is 12.4. The third-order valence-corrected chi connectivity index (χ3v) is 5.29. The molecule has 1 N–H and O–H groups in total. The summed E-state index contributed by atoms with van der Waals surface area (Å²) in [4.78, 5) is 23.3. The lowest BCUT2D eigenvalue weighted by molar-refractivity contribution is -0.120. The predicted octanol–water partition coefficient (Wildman–Crippen LogP) is 3.18. The zero-order valence-corrected chi connectivity index (χ0v) is 17.1. The van der Waals surface area contributed by atoms with Gasteiger partial charge in [0.15, 0.2) is 0 Å². The summed E-state index contributed by atoms with van der Waals surface area (Å²) < 4.78 is 5.31. The second-order valence-electron chi connectivity index (χ2n) is 6.60. The fourth-order valence-electron chi connectivity index (χ4n) is 2.88. The molecule has 0 aliphatic rings. The Labute approximate surface area is 169 Å². The number of ether oxygens (including phenoxy) is 1. The third-order valence-electron chi connectivity index (χ3n) is 4.37. The number of aromatic nitrogens is 2. The van der Waals surface area contributed by atoms with E-state index in [2.05, 4.69) is 20.2 Å². The number of nitrogens with one attached hydrogen (secondary N) is 1. The van der Waals surface area contributed by atoms with Crippen LogP contribution >= 0.6 is 11.3 Å². The normalized spacial score (nSPS) is 12.0. The molecule has 0 aliphatic heterocycles. The SMILES string of the molecule is COc1cccc(C(CNC(=O)Cc2csc(-c3ccccn3)n2)N(C)C)c1. The number of likely N-dealkylation sites (N-methyl/N-ethyl adjacent to an activating group) is 1. The van der Waals surface area contributed by atoms with Gasteiger partial charge in [-0.3, -0.25) is 9.78 Å². The van der Waals surface area contributed by atoms with Gasteiger partial charge in [0.05, 0.1) is 31.0 Å². The first-order valence-corrected chi connectivity index (χ1v) is 9.87. The van der Waals surface area contributed by atoms with Crippen LogP contribution in [0.1, 0.15) is 17.3 Å². The highest BCUT2D eigenvalue weighted by molar-refractivity contribution is 7.13. The van der Waals surface area contributed by atoms with Gasteiger partial charge in [0.25, 0.3) is 0 Å². The van der Waals surface area contributed by atoms with Crippen molar-refractivity contribution in [2.45, 2.75) is 12.5 Å². The number of rotatable bonds is 8. The average Bonchev–Trinajstić information content (AvgIpc) is 3.17. The first kappa shape index (κ1) is 20.0. The van der Waals surface area contributed by atoms with E-state index in [-0.39, 0.29) is 18.4 Å². The molecule has 28 heavy (non-hydrogen) atoms. The van der Waals surface area contributed by atoms with Gasteiger partial charge in [0, 0.05) is 18.1 Å². The summed E-state index contributed by atoms with van der Waals surface area (Å²) in [7, 11) is 5.64. The second-order valence-corrected chi connectivity index (χ2v) is 7.45. The minimum absolute atomic E-state index is 0.0485. The van der Waals surface area contributed by atoms with Gasteiger partial charge < -0.3 is 15.0 Å². The van der Waals surface area contributed by atoms with Crippen LogP contribution in [0.2, 0.25) is 0 Å². The van der Waals surface area contributed by atoms with Crippen molar-refractivity contribution in [1.29, 1.82) is 0 Å². The number of hydrogen-bond donors (Lipinski definition) is 1. The molecule has 0 saturated heterocycles. The van der Waals surface area contributed by atoms with Crippen molar-refractivity contribution >= 4 is 17.2 Å². The highest BCUT2D eigenvalue weighted by Crippen LogP contribution is 2.23. The van der Waals surface area contributed by atoms with E-state index in [9.17, 15) is 4.79 Å². The Kier molecular flexibility index (Phi) is 6.73. The number of carbonyl (C=O) groups excluding carboxylic acids is 1. The summed E-state index contributed by atoms with van der Waals surface area (Å²) >= 11 is 1.50. The monoisotopic (exact) mass is 396 g/mol. The van der Waals surface area contributed by atoms with Crippen LogP contribution in [-0.4, -0.2) is 48.5 Å². The lowest BCUT2D eigenvalue weighted by atomic mass is 10.1. The van der Waals surface area contributed by atoms with E-state index >= 15 is 0 Å². The molecule has 0 fully saturated rings. The molecule has 6 nitrogen and oxygen atoms in total. The first-order valence-electron chi connectivity index (χ1n) is 8.99. The summed E-state index contributed by atoms with van der Waals surface area (Å²) in [6.45, 7) is 0.510. The van der Waals surface area contributed by atoms with Crippen molar-refractivity contribution in [3.8, 4) is 16.5 Å². The Morgan fingerprint density at radius 2 is 2.11 bits per heavy atom. The summed E-state index contributed by atoms with van der Waals surface area (Å²) in [6.07, 6.45) is 1.99. The smallest absolute Gasteiger partial charge is 0.226 e. The fraction of sp³-hybridized carbons (Fsp3) is 0.286. The van der Waals surface area contributed by atoms with E-state index in [0.29, 0.717) is 6.54 Å². The Balaban J connectivity index is 1.60. The summed E-state index contributed by atoms with van der Waals surface area (Å²) in [6, 6.07) is 13.7. The van der Waals surface area contributed by atoms with Crippen LogP contribution < -0.4 is 10.1 Å². The Bertz CT molecular complexity index is 912. The first-order chi connectivity index (χ1) is 13.6. The van der Waals surface area contributed by atoms with E-state index < -0.39 is 0 Å². The van der Waals surface area contributed by atoms with Crippen LogP contribution in [0.25, 0.3) is 10.7 Å². The van der Waals surface area contributed by atoms with E-state index in [1.54, 1.807) is 13.3 Å². The van der Waals surface area contributed by atoms with Crippen LogP contribution in [0, 0.1) is 0 Å². The molecule has 146 valence electrons. The number of thiazole rings is 1. The number of carbonyl (C=O) groups is 1. The molecule has 1 aromatic carbocycles. The number of hydrogen-bond acceptors (Lipinski definition) is 6. The predicted molar refractivity (Wildman–Crippen MR) is 111 cm³/mol. The van der Waals surface area contributed by atoms with Crippen LogP contribution in [-0.2, 0) is 11.2 Å². The zero-order valence-electron chi connectivity index (χ0n) is 16.3. The molecule has 1 unspecified atom stereocenters. The third kappa shape index (κ3) is 5.15. The topological polar surface area (TPSA) is 67.3 Å². The van der Waals surface area contributed by atoms with E-state index in [1.807, 2.05) is 61.9 Å². The molecule has 1 atom stereocenters. The summed E-state index contributed by atoms with van der Waals surface area (Å²) in [5, 5.41) is 5.76. The van der Waals surface area contributed by atoms with Gasteiger partial charge in [-0.1, -0.05) is 18.2 Å². The van der Waals surface area contributed by atoms with Gasteiger partial charge in [0.1, 0.15) is 10.8 Å². The number of amides is 1. The summed E-state index contributed by atoms with van der Waals surface area (Å²) in [5.41, 5.74) is 2.67. The molecule has 2 aromatic heterocycles. The Morgan fingerprint density at radius 1 is 1.25 bits per heavy atom. The summed E-state index contributed by atoms with van der Waals surface area (Å²) in [5.74, 6) is 0.757. The van der Waals surface area contributed by atoms with Gasteiger partial charge in [-0.05, 0) is 43.9 Å². The van der Waals surface area contributed by atoms with Gasteiger partial charge in [-0.25, -0.2) is 4.98 Å². The maximum atomic E-state index is 12.4. The van der Waals surface area contributed by atoms with Crippen LogP contribution in [0.5, 0.6) is 5.75 Å². The molecule has 1 amide bonds. The average molecular weight is 397 g/mol. The van der Waals surface area contributed by atoms with Crippen molar-refractivity contribution in [3.05, 3.63) is 65.3 Å². The van der Waals surface area contributed by atoms with Gasteiger partial charge in [0.2, 0.25) is 5.91 Å². The van der Waals surface area contributed by atoms with E-state index in [0.717, 1.165) is 27.7 Å². The van der Waals surface area contributed by atoms with Gasteiger partial charge in [-0.15, -0.1) is 11.3 Å². The molecule has 0 bridgehead atoms. The molecular formula is C21H24N4O2S. The standard InChI is InChI=1S/C21H24N4O2S/c1-25(2)19(15-7-6-8-17(11-15)27-3)13-23-20(26)12-16-14-28-21(24-16)18-9-4-5-10-22-18/h4-11,14,19H,12-13H2,1-3H3,(H,23,26). The second kappa shape index (κ2) is 9.43. The largest absolute Gasteiger partial charge is 0.497 e. The van der Waals surface area contributed by atoms with Crippen molar-refractivity contribution in [1.82, 2.24) is 20.2 Å². The molecule has 7 heteroatoms. The lowest BCUT2D eigenvalue weighted by Crippen LogP contribution is -2.35. The van der Waals surface area contributed by atoms with Crippen molar-refractivity contribution in [2.24, 2.45) is 0 Å². The van der Waals surface area contributed by atoms with Crippen molar-refractivity contribution in [2.75, 3.05) is 27.7 Å². The zero-order chi connectivity index (χ0) is 19.9. The highest BCUT2D eigenvalue weighted by Gasteiger charge is 2.17. The van der Waals surface area contributed by atoms with E-state index in [4.69, 9.17) is 4.74 Å². The fourth-order valence-corrected chi connectivity index (χ4v) is 3.68. The molecule has 3 aromatic rings. The lowest BCUT2D eigenvalue weighted by Gasteiger charge is -2.25. The molecular weight excluding hydrogens is 372 g/mol. The van der Waals surface area contributed by atoms with Crippen LogP contribution in [0.4, 0.5) is 0 Å². The molecule has 0 saturated carbocycles. The van der Waals surface area contributed by atoms with Gasteiger partial charge >= 0.3 is 0 Å². The van der Waals surface area contributed by atoms with Crippen molar-refractivity contribution < 1.29 is 9.53 Å². The van der Waals surface area contributed by atoms with Crippen LogP contribution in [0.15, 0.2) is 54.0 Å². The Hall–Kier alpha value is -2.77. The van der Waals surface area contributed by atoms with Gasteiger partial charge in [-0.2, -0.15) is 0 Å². The molecule has 2 heterocycles. The highest BCUT2D eigenvalue weighted by atomic mass is 32.1. The molecule has 0 aliphatic carbocycles. The number of nitrogens with zero attached hydrogens (tertiary/aromatic N) is 3. The number of pyridine rings is 1.